The van der Waals surface area contributed by atoms with Crippen LogP contribution in [0.4, 0.5) is 8.78 Å². The second kappa shape index (κ2) is 4.60. The Morgan fingerprint density at radius 3 is 2.28 bits per heavy atom. The molecule has 0 bridgehead atoms. The van der Waals surface area contributed by atoms with E-state index in [2.05, 4.69) is 0 Å². The van der Waals surface area contributed by atoms with Crippen molar-refractivity contribution in [2.45, 2.75) is 51.0 Å². The van der Waals surface area contributed by atoms with E-state index in [-0.39, 0.29) is 36.6 Å². The molecule has 2 rings (SSSR count). The minimum absolute atomic E-state index is 0. The van der Waals surface area contributed by atoms with Gasteiger partial charge >= 0.3 is 5.97 Å². The third-order valence-electron chi connectivity index (χ3n) is 3.69. The topological polar surface area (TPSA) is 52.3 Å². The summed E-state index contributed by atoms with van der Waals surface area (Å²) in [5.41, 5.74) is 4.44. The van der Waals surface area contributed by atoms with Crippen LogP contribution in [-0.4, -0.2) is 24.0 Å². The predicted molar refractivity (Wildman–Crippen MR) is 65.8 cm³/mol. The minimum atomic E-state index is -2.46. The molecule has 1 spiro atoms. The highest BCUT2D eigenvalue weighted by atomic mass is 35.5. The maximum absolute atomic E-state index is 12.7. The maximum Gasteiger partial charge on any atom is 0.325 e. The zero-order chi connectivity index (χ0) is 12.9. The van der Waals surface area contributed by atoms with Crippen molar-refractivity contribution in [2.24, 2.45) is 17.1 Å². The van der Waals surface area contributed by atoms with E-state index < -0.39 is 17.4 Å². The summed E-state index contributed by atoms with van der Waals surface area (Å²) in [4.78, 5) is 11.4. The van der Waals surface area contributed by atoms with E-state index in [0.717, 1.165) is 12.8 Å². The van der Waals surface area contributed by atoms with Crippen LogP contribution in [0.25, 0.3) is 0 Å². The molecular weight excluding hydrogens is 264 g/mol. The molecule has 2 fully saturated rings. The van der Waals surface area contributed by atoms with Crippen molar-refractivity contribution in [1.82, 2.24) is 0 Å². The second-order valence-corrected chi connectivity index (χ2v) is 6.30. The molecule has 106 valence electrons. The molecule has 2 aliphatic carbocycles. The molecule has 18 heavy (non-hydrogen) atoms. The molecular formula is C12H20ClF2NO2. The molecule has 6 heteroatoms. The lowest BCUT2D eigenvalue weighted by molar-refractivity contribution is -0.213. The average Bonchev–Trinajstić information content (AvgIpc) is 2.04. The van der Waals surface area contributed by atoms with Gasteiger partial charge in [-0.25, -0.2) is 8.78 Å². The van der Waals surface area contributed by atoms with Gasteiger partial charge in [0.15, 0.2) is 0 Å². The summed E-state index contributed by atoms with van der Waals surface area (Å²) in [6.07, 6.45) is 1.52. The Balaban J connectivity index is 0.00000162. The molecule has 3 nitrogen and oxygen atoms in total. The molecule has 2 N–H and O–H groups in total. The number of nitrogens with two attached hydrogens (primary N) is 1. The fourth-order valence-corrected chi connectivity index (χ4v) is 3.00. The van der Waals surface area contributed by atoms with Gasteiger partial charge in [-0.15, -0.1) is 12.4 Å². The van der Waals surface area contributed by atoms with Crippen LogP contribution in [0.5, 0.6) is 0 Å². The van der Waals surface area contributed by atoms with E-state index in [1.165, 1.54) is 0 Å². The highest BCUT2D eigenvalue weighted by Gasteiger charge is 2.61. The standard InChI is InChI=1S/C12H19F2NO2.ClH/c1-10(2,15)9(16)17-5-8-3-11(4-8)6-12(13,14)7-11;/h8H,3-7,15H2,1-2H3;1H. The van der Waals surface area contributed by atoms with Crippen LogP contribution in [0.2, 0.25) is 0 Å². The average molecular weight is 284 g/mol. The van der Waals surface area contributed by atoms with Gasteiger partial charge in [0.2, 0.25) is 5.92 Å². The smallest absolute Gasteiger partial charge is 0.325 e. The first-order valence-corrected chi connectivity index (χ1v) is 5.96. The van der Waals surface area contributed by atoms with Crippen LogP contribution in [0.1, 0.15) is 39.5 Å². The first-order chi connectivity index (χ1) is 7.62. The SMILES string of the molecule is CC(C)(N)C(=O)OCC1CC2(C1)CC(F)(F)C2.Cl. The van der Waals surface area contributed by atoms with Gasteiger partial charge in [-0.3, -0.25) is 4.79 Å². The Morgan fingerprint density at radius 2 is 1.89 bits per heavy atom. The maximum atomic E-state index is 12.7. The number of hydrogen-bond acceptors (Lipinski definition) is 3. The molecule has 0 aromatic heterocycles. The van der Waals surface area contributed by atoms with E-state index in [0.29, 0.717) is 6.61 Å². The first kappa shape index (κ1) is 15.6. The number of halogens is 3. The minimum Gasteiger partial charge on any atom is -0.464 e. The van der Waals surface area contributed by atoms with Crippen LogP contribution < -0.4 is 5.73 Å². The van der Waals surface area contributed by atoms with Crippen molar-refractivity contribution >= 4 is 18.4 Å². The molecule has 0 amide bonds. The number of esters is 1. The molecule has 2 aliphatic rings. The van der Waals surface area contributed by atoms with Crippen LogP contribution >= 0.6 is 12.4 Å². The lowest BCUT2D eigenvalue weighted by atomic mass is 9.50. The van der Waals surface area contributed by atoms with E-state index >= 15 is 0 Å². The fraction of sp³-hybridized carbons (Fsp3) is 0.917. The summed E-state index contributed by atoms with van der Waals surface area (Å²) in [5.74, 6) is -2.66. The van der Waals surface area contributed by atoms with Gasteiger partial charge in [0.1, 0.15) is 5.54 Å². The number of ether oxygens (including phenoxy) is 1. The third-order valence-corrected chi connectivity index (χ3v) is 3.69. The number of rotatable bonds is 3. The molecule has 0 aliphatic heterocycles. The van der Waals surface area contributed by atoms with Crippen LogP contribution in [0.15, 0.2) is 0 Å². The van der Waals surface area contributed by atoms with Crippen molar-refractivity contribution in [3.8, 4) is 0 Å². The molecule has 0 aromatic rings. The number of carbonyl (C=O) groups is 1. The summed E-state index contributed by atoms with van der Waals surface area (Å²) in [7, 11) is 0. The summed E-state index contributed by atoms with van der Waals surface area (Å²) >= 11 is 0. The molecule has 0 heterocycles. The van der Waals surface area contributed by atoms with Crippen molar-refractivity contribution in [2.75, 3.05) is 6.61 Å². The van der Waals surface area contributed by atoms with E-state index in [1.54, 1.807) is 13.8 Å². The van der Waals surface area contributed by atoms with Crippen molar-refractivity contribution < 1.29 is 18.3 Å². The Kier molecular flexibility index (Phi) is 4.00. The second-order valence-electron chi connectivity index (χ2n) is 6.30. The highest BCUT2D eigenvalue weighted by molar-refractivity contribution is 5.85. The summed E-state index contributed by atoms with van der Waals surface area (Å²) in [6, 6.07) is 0. The van der Waals surface area contributed by atoms with Crippen molar-refractivity contribution in [1.29, 1.82) is 0 Å². The van der Waals surface area contributed by atoms with Gasteiger partial charge in [0.05, 0.1) is 6.61 Å². The Hall–Kier alpha value is -0.420. The summed E-state index contributed by atoms with van der Waals surface area (Å²) in [5, 5.41) is 0. The molecule has 0 radical (unpaired) electrons. The van der Waals surface area contributed by atoms with Crippen LogP contribution in [0.3, 0.4) is 0 Å². The number of carbonyl (C=O) groups excluding carboxylic acids is 1. The highest BCUT2D eigenvalue weighted by Crippen LogP contribution is 2.64. The lowest BCUT2D eigenvalue weighted by Gasteiger charge is -2.57. The van der Waals surface area contributed by atoms with Crippen molar-refractivity contribution in [3.63, 3.8) is 0 Å². The van der Waals surface area contributed by atoms with Gasteiger partial charge in [-0.1, -0.05) is 0 Å². The van der Waals surface area contributed by atoms with E-state index in [4.69, 9.17) is 10.5 Å². The Morgan fingerprint density at radius 1 is 1.39 bits per heavy atom. The van der Waals surface area contributed by atoms with Crippen molar-refractivity contribution in [3.05, 3.63) is 0 Å². The zero-order valence-electron chi connectivity index (χ0n) is 10.7. The number of hydrogen-bond donors (Lipinski definition) is 1. The van der Waals surface area contributed by atoms with Gasteiger partial charge in [0, 0.05) is 12.8 Å². The van der Waals surface area contributed by atoms with E-state index in [1.807, 2.05) is 0 Å². The molecule has 0 saturated heterocycles. The Labute approximate surface area is 112 Å². The molecule has 0 aromatic carbocycles. The lowest BCUT2D eigenvalue weighted by Crippen LogP contribution is -2.54. The first-order valence-electron chi connectivity index (χ1n) is 5.96. The molecule has 0 atom stereocenters. The summed E-state index contributed by atoms with van der Waals surface area (Å²) < 4.78 is 30.6. The van der Waals surface area contributed by atoms with Crippen LogP contribution in [-0.2, 0) is 9.53 Å². The monoisotopic (exact) mass is 283 g/mol. The quantitative estimate of drug-likeness (QED) is 0.810. The fourth-order valence-electron chi connectivity index (χ4n) is 3.00. The molecule has 2 saturated carbocycles. The summed E-state index contributed by atoms with van der Waals surface area (Å²) in [6.45, 7) is 3.49. The normalized spacial score (nSPS) is 24.7. The van der Waals surface area contributed by atoms with Gasteiger partial charge in [-0.05, 0) is 38.0 Å². The van der Waals surface area contributed by atoms with E-state index in [9.17, 15) is 13.6 Å². The largest absolute Gasteiger partial charge is 0.464 e. The third kappa shape index (κ3) is 3.12. The van der Waals surface area contributed by atoms with Gasteiger partial charge in [-0.2, -0.15) is 0 Å². The van der Waals surface area contributed by atoms with Gasteiger partial charge < -0.3 is 10.5 Å². The molecule has 0 unspecified atom stereocenters. The van der Waals surface area contributed by atoms with Gasteiger partial charge in [0.25, 0.3) is 0 Å². The zero-order valence-corrected chi connectivity index (χ0v) is 11.5. The Bertz CT molecular complexity index is 325. The van der Waals surface area contributed by atoms with Crippen LogP contribution in [0, 0.1) is 11.3 Å². The predicted octanol–water partition coefficient (Wildman–Crippen LogP) is 2.51. The number of alkyl halides is 2.